The number of hydrogen-bond donors (Lipinski definition) is 0. The first-order chi connectivity index (χ1) is 11.3. The monoisotopic (exact) mass is 328 g/mol. The third-order valence-corrected chi connectivity index (χ3v) is 8.67. The molecule has 2 nitrogen and oxygen atoms in total. The number of Topliss-reactive ketones (excluding diaryl/α,β-unsaturated/α-hetero) is 1. The lowest BCUT2D eigenvalue weighted by Gasteiger charge is -2.57. The van der Waals surface area contributed by atoms with Gasteiger partial charge < -0.3 is 0 Å². The van der Waals surface area contributed by atoms with E-state index in [1.54, 1.807) is 6.08 Å². The fourth-order valence-electron chi connectivity index (χ4n) is 7.52. The highest BCUT2D eigenvalue weighted by atomic mass is 16.1. The van der Waals surface area contributed by atoms with E-state index in [2.05, 4.69) is 27.7 Å². The van der Waals surface area contributed by atoms with Gasteiger partial charge in [0.2, 0.25) is 0 Å². The van der Waals surface area contributed by atoms with Crippen LogP contribution in [-0.4, -0.2) is 11.6 Å². The van der Waals surface area contributed by atoms with Gasteiger partial charge in [0.15, 0.2) is 11.6 Å². The second kappa shape index (κ2) is 5.29. The van der Waals surface area contributed by atoms with E-state index in [9.17, 15) is 9.59 Å². The molecule has 0 saturated heterocycles. The van der Waals surface area contributed by atoms with Crippen molar-refractivity contribution in [1.82, 2.24) is 0 Å². The summed E-state index contributed by atoms with van der Waals surface area (Å²) in [5.74, 6) is 3.88. The van der Waals surface area contributed by atoms with Gasteiger partial charge in [-0.2, -0.15) is 0 Å². The maximum absolute atomic E-state index is 12.9. The van der Waals surface area contributed by atoms with Crippen molar-refractivity contribution in [3.8, 4) is 0 Å². The summed E-state index contributed by atoms with van der Waals surface area (Å²) in [6.07, 6.45) is 9.14. The predicted molar refractivity (Wildman–Crippen MR) is 95.4 cm³/mol. The van der Waals surface area contributed by atoms with Crippen molar-refractivity contribution in [3.63, 3.8) is 0 Å². The molecule has 0 aromatic rings. The highest BCUT2D eigenvalue weighted by Crippen LogP contribution is 2.66. The van der Waals surface area contributed by atoms with Crippen LogP contribution in [0.3, 0.4) is 0 Å². The Balaban J connectivity index is 1.71. The molecule has 0 spiro atoms. The molecule has 0 aromatic carbocycles. The van der Waals surface area contributed by atoms with Crippen molar-refractivity contribution >= 4 is 11.6 Å². The first-order valence-corrected chi connectivity index (χ1v) is 10.1. The van der Waals surface area contributed by atoms with Gasteiger partial charge in [0.1, 0.15) is 0 Å². The zero-order chi connectivity index (χ0) is 17.3. The third kappa shape index (κ3) is 2.07. The molecule has 4 aliphatic carbocycles. The van der Waals surface area contributed by atoms with Crippen molar-refractivity contribution < 1.29 is 9.59 Å². The van der Waals surface area contributed by atoms with E-state index in [0.29, 0.717) is 36.0 Å². The van der Waals surface area contributed by atoms with Crippen LogP contribution in [0.15, 0.2) is 11.6 Å². The first kappa shape index (κ1) is 16.5. The van der Waals surface area contributed by atoms with Crippen molar-refractivity contribution in [1.29, 1.82) is 0 Å². The van der Waals surface area contributed by atoms with Gasteiger partial charge in [-0.1, -0.05) is 27.7 Å². The normalized spacial score (nSPS) is 48.0. The van der Waals surface area contributed by atoms with E-state index in [4.69, 9.17) is 0 Å². The summed E-state index contributed by atoms with van der Waals surface area (Å²) in [4.78, 5) is 24.8. The Bertz CT molecular complexity index is 615. The van der Waals surface area contributed by atoms with Crippen molar-refractivity contribution in [2.45, 2.75) is 72.6 Å². The van der Waals surface area contributed by atoms with Crippen LogP contribution in [0.1, 0.15) is 72.6 Å². The van der Waals surface area contributed by atoms with Crippen LogP contribution < -0.4 is 0 Å². The minimum absolute atomic E-state index is 0.0366. The van der Waals surface area contributed by atoms with E-state index >= 15 is 0 Å². The van der Waals surface area contributed by atoms with Gasteiger partial charge in [0.25, 0.3) is 0 Å². The Morgan fingerprint density at radius 2 is 1.79 bits per heavy atom. The molecule has 2 heteroatoms. The van der Waals surface area contributed by atoms with Crippen LogP contribution in [0, 0.1) is 40.4 Å². The Morgan fingerprint density at radius 1 is 1.04 bits per heavy atom. The maximum Gasteiger partial charge on any atom is 0.159 e. The molecule has 24 heavy (non-hydrogen) atoms. The standard InChI is InChI=1S/C22H32O2/c1-13(2)16-5-6-17-15-12-20(24)19-11-14(23)7-9-22(19,4)18(15)8-10-21(16,17)3/h11,13,15-18H,5-10,12H2,1-4H3/t15?,16-,17?,18?,21-,22-/m1/s1. The summed E-state index contributed by atoms with van der Waals surface area (Å²) in [5.41, 5.74) is 1.27. The maximum atomic E-state index is 12.9. The summed E-state index contributed by atoms with van der Waals surface area (Å²) < 4.78 is 0. The van der Waals surface area contributed by atoms with Crippen LogP contribution >= 0.6 is 0 Å². The van der Waals surface area contributed by atoms with Gasteiger partial charge in [-0.3, -0.25) is 9.59 Å². The molecular weight excluding hydrogens is 296 g/mol. The quantitative estimate of drug-likeness (QED) is 0.681. The van der Waals surface area contributed by atoms with E-state index in [0.717, 1.165) is 23.8 Å². The summed E-state index contributed by atoms with van der Waals surface area (Å²) in [7, 11) is 0. The van der Waals surface area contributed by atoms with E-state index in [1.807, 2.05) is 0 Å². The van der Waals surface area contributed by atoms with Gasteiger partial charge in [0.05, 0.1) is 0 Å². The number of fused-ring (bicyclic) bond motifs is 5. The van der Waals surface area contributed by atoms with Crippen LogP contribution in [0.4, 0.5) is 0 Å². The van der Waals surface area contributed by atoms with Gasteiger partial charge in [-0.15, -0.1) is 0 Å². The second-order valence-electron chi connectivity index (χ2n) is 9.92. The molecule has 3 unspecified atom stereocenters. The molecule has 6 atom stereocenters. The SMILES string of the molecule is CC(C)[C@H]1CCC2C3CC(=O)C4=CC(=O)CC[C@]4(C)C3CC[C@@]21C. The molecule has 3 saturated carbocycles. The molecule has 0 N–H and O–H groups in total. The van der Waals surface area contributed by atoms with Crippen LogP contribution in [0.5, 0.6) is 0 Å². The molecule has 0 heterocycles. The van der Waals surface area contributed by atoms with Gasteiger partial charge in [-0.05, 0) is 78.6 Å². The molecule has 4 aliphatic rings. The number of allylic oxidation sites excluding steroid dienone is 1. The Labute approximate surface area is 146 Å². The van der Waals surface area contributed by atoms with Gasteiger partial charge in [0, 0.05) is 18.4 Å². The number of ketones is 2. The number of hydrogen-bond acceptors (Lipinski definition) is 2. The Kier molecular flexibility index (Phi) is 3.64. The first-order valence-electron chi connectivity index (χ1n) is 10.1. The van der Waals surface area contributed by atoms with Crippen molar-refractivity contribution in [2.24, 2.45) is 40.4 Å². The summed E-state index contributed by atoms with van der Waals surface area (Å²) in [5, 5.41) is 0. The lowest BCUT2D eigenvalue weighted by Crippen LogP contribution is -2.53. The van der Waals surface area contributed by atoms with Gasteiger partial charge >= 0.3 is 0 Å². The number of carbonyl (C=O) groups excluding carboxylic acids is 2. The summed E-state index contributed by atoms with van der Waals surface area (Å²) in [6, 6.07) is 0. The van der Waals surface area contributed by atoms with Crippen LogP contribution in [0.25, 0.3) is 0 Å². The lowest BCUT2D eigenvalue weighted by molar-refractivity contribution is -0.131. The lowest BCUT2D eigenvalue weighted by atomic mass is 9.46. The van der Waals surface area contributed by atoms with Crippen LogP contribution in [0.2, 0.25) is 0 Å². The molecule has 0 aromatic heterocycles. The topological polar surface area (TPSA) is 34.1 Å². The Morgan fingerprint density at radius 3 is 2.50 bits per heavy atom. The molecule has 132 valence electrons. The smallest absolute Gasteiger partial charge is 0.159 e. The average molecular weight is 328 g/mol. The van der Waals surface area contributed by atoms with E-state index in [1.165, 1.54) is 25.7 Å². The minimum Gasteiger partial charge on any atom is -0.295 e. The average Bonchev–Trinajstić information content (AvgIpc) is 2.87. The second-order valence-corrected chi connectivity index (χ2v) is 9.92. The fraction of sp³-hybridized carbons (Fsp3) is 0.818. The predicted octanol–water partition coefficient (Wildman–Crippen LogP) is 4.97. The zero-order valence-electron chi connectivity index (χ0n) is 15.7. The summed E-state index contributed by atoms with van der Waals surface area (Å²) in [6.45, 7) is 9.57. The largest absolute Gasteiger partial charge is 0.295 e. The molecule has 0 aliphatic heterocycles. The number of rotatable bonds is 1. The minimum atomic E-state index is -0.0366. The van der Waals surface area contributed by atoms with E-state index in [-0.39, 0.29) is 17.0 Å². The molecule has 0 radical (unpaired) electrons. The summed E-state index contributed by atoms with van der Waals surface area (Å²) >= 11 is 0. The van der Waals surface area contributed by atoms with Crippen molar-refractivity contribution in [3.05, 3.63) is 11.6 Å². The molecule has 0 amide bonds. The fourth-order valence-corrected chi connectivity index (χ4v) is 7.52. The van der Waals surface area contributed by atoms with Crippen molar-refractivity contribution in [2.75, 3.05) is 0 Å². The highest BCUT2D eigenvalue weighted by Gasteiger charge is 2.60. The molecular formula is C22H32O2. The third-order valence-electron chi connectivity index (χ3n) is 8.67. The molecule has 0 bridgehead atoms. The number of carbonyl (C=O) groups is 2. The molecule has 4 rings (SSSR count). The van der Waals surface area contributed by atoms with Crippen LogP contribution in [-0.2, 0) is 9.59 Å². The Hall–Kier alpha value is -0.920. The van der Waals surface area contributed by atoms with Gasteiger partial charge in [-0.25, -0.2) is 0 Å². The molecule has 3 fully saturated rings. The van der Waals surface area contributed by atoms with E-state index < -0.39 is 0 Å². The zero-order valence-corrected chi connectivity index (χ0v) is 15.7. The highest BCUT2D eigenvalue weighted by molar-refractivity contribution is 6.05.